The molecule has 0 saturated carbocycles. The third-order valence-corrected chi connectivity index (χ3v) is 3.96. The molecule has 24 heavy (non-hydrogen) atoms. The normalized spacial score (nSPS) is 10.1. The van der Waals surface area contributed by atoms with Gasteiger partial charge in [-0.05, 0) is 47.1 Å². The second-order valence-electron chi connectivity index (χ2n) is 5.03. The van der Waals surface area contributed by atoms with E-state index < -0.39 is 0 Å². The Kier molecular flexibility index (Phi) is 6.37. The number of halogens is 1. The van der Waals surface area contributed by atoms with Crippen molar-refractivity contribution in [2.75, 3.05) is 23.4 Å². The van der Waals surface area contributed by atoms with E-state index in [0.29, 0.717) is 23.7 Å². The summed E-state index contributed by atoms with van der Waals surface area (Å²) in [6, 6.07) is 14.5. The van der Waals surface area contributed by atoms with Crippen LogP contribution in [0.4, 0.5) is 11.4 Å². The molecule has 126 valence electrons. The fourth-order valence-corrected chi connectivity index (χ4v) is 2.72. The maximum Gasteiger partial charge on any atom is 0.244 e. The number of rotatable bonds is 6. The summed E-state index contributed by atoms with van der Waals surface area (Å²) in [4.78, 5) is 25.8. The van der Waals surface area contributed by atoms with Crippen LogP contribution in [-0.4, -0.2) is 25.0 Å². The van der Waals surface area contributed by atoms with Gasteiger partial charge in [-0.1, -0.05) is 24.3 Å². The molecule has 0 saturated heterocycles. The van der Waals surface area contributed by atoms with E-state index in [0.717, 1.165) is 4.47 Å². The fourth-order valence-electron chi connectivity index (χ4n) is 2.22. The molecule has 0 aliphatic carbocycles. The van der Waals surface area contributed by atoms with Gasteiger partial charge in [0.2, 0.25) is 11.8 Å². The minimum absolute atomic E-state index is 0.0849. The van der Waals surface area contributed by atoms with Crippen molar-refractivity contribution in [3.05, 3.63) is 53.0 Å². The largest absolute Gasteiger partial charge is 0.492 e. The molecule has 0 fully saturated rings. The summed E-state index contributed by atoms with van der Waals surface area (Å²) in [5.74, 6) is 0.0897. The summed E-state index contributed by atoms with van der Waals surface area (Å²) in [5.41, 5.74) is 1.23. The van der Waals surface area contributed by atoms with Gasteiger partial charge < -0.3 is 15.0 Å². The number of carbonyl (C=O) groups excluding carboxylic acids is 2. The van der Waals surface area contributed by atoms with E-state index in [-0.39, 0.29) is 18.4 Å². The Morgan fingerprint density at radius 1 is 1.12 bits per heavy atom. The lowest BCUT2D eigenvalue weighted by Crippen LogP contribution is -2.37. The van der Waals surface area contributed by atoms with Gasteiger partial charge in [0.05, 0.1) is 18.0 Å². The lowest BCUT2D eigenvalue weighted by Gasteiger charge is -2.22. The zero-order chi connectivity index (χ0) is 17.5. The van der Waals surface area contributed by atoms with E-state index in [2.05, 4.69) is 21.2 Å². The molecule has 5 nitrogen and oxygen atoms in total. The summed E-state index contributed by atoms with van der Waals surface area (Å²) >= 11 is 3.41. The smallest absolute Gasteiger partial charge is 0.244 e. The standard InChI is InChI=1S/C18H19BrN2O3/c1-3-24-17-11-7-5-9-15(17)20-18(23)12-21(13(2)22)16-10-6-4-8-14(16)19/h4-11H,3,12H2,1-2H3,(H,20,23). The van der Waals surface area contributed by atoms with Crippen molar-refractivity contribution in [3.63, 3.8) is 0 Å². The highest BCUT2D eigenvalue weighted by Gasteiger charge is 2.18. The van der Waals surface area contributed by atoms with Crippen LogP contribution in [0, 0.1) is 0 Å². The van der Waals surface area contributed by atoms with Gasteiger partial charge in [-0.15, -0.1) is 0 Å². The summed E-state index contributed by atoms with van der Waals surface area (Å²) in [6.45, 7) is 3.73. The lowest BCUT2D eigenvalue weighted by molar-refractivity contribution is -0.120. The van der Waals surface area contributed by atoms with Crippen LogP contribution in [0.5, 0.6) is 5.75 Å². The first kappa shape index (κ1) is 18.0. The first-order chi connectivity index (χ1) is 11.5. The SMILES string of the molecule is CCOc1ccccc1NC(=O)CN(C(C)=O)c1ccccc1Br. The molecule has 0 unspecified atom stereocenters. The van der Waals surface area contributed by atoms with E-state index in [4.69, 9.17) is 4.74 Å². The molecule has 2 aromatic carbocycles. The Morgan fingerprint density at radius 3 is 2.46 bits per heavy atom. The topological polar surface area (TPSA) is 58.6 Å². The van der Waals surface area contributed by atoms with Gasteiger partial charge in [0.25, 0.3) is 0 Å². The molecule has 0 spiro atoms. The number of ether oxygens (including phenoxy) is 1. The van der Waals surface area contributed by atoms with E-state index in [1.54, 1.807) is 18.2 Å². The van der Waals surface area contributed by atoms with Gasteiger partial charge in [0, 0.05) is 11.4 Å². The van der Waals surface area contributed by atoms with Crippen molar-refractivity contribution < 1.29 is 14.3 Å². The van der Waals surface area contributed by atoms with Crippen molar-refractivity contribution >= 4 is 39.1 Å². The molecule has 2 amide bonds. The number of amides is 2. The monoisotopic (exact) mass is 390 g/mol. The number of para-hydroxylation sites is 3. The fraction of sp³-hybridized carbons (Fsp3) is 0.222. The van der Waals surface area contributed by atoms with Crippen LogP contribution in [0.15, 0.2) is 53.0 Å². The van der Waals surface area contributed by atoms with E-state index in [1.165, 1.54) is 11.8 Å². The second-order valence-corrected chi connectivity index (χ2v) is 5.89. The maximum atomic E-state index is 12.4. The molecule has 6 heteroatoms. The summed E-state index contributed by atoms with van der Waals surface area (Å²) in [6.07, 6.45) is 0. The molecule has 2 aromatic rings. The van der Waals surface area contributed by atoms with Crippen molar-refractivity contribution in [1.82, 2.24) is 0 Å². The van der Waals surface area contributed by atoms with Crippen molar-refractivity contribution in [2.45, 2.75) is 13.8 Å². The molecule has 0 radical (unpaired) electrons. The highest BCUT2D eigenvalue weighted by Crippen LogP contribution is 2.27. The number of hydrogen-bond acceptors (Lipinski definition) is 3. The highest BCUT2D eigenvalue weighted by atomic mass is 79.9. The van der Waals surface area contributed by atoms with Crippen LogP contribution in [-0.2, 0) is 9.59 Å². The molecular weight excluding hydrogens is 372 g/mol. The average Bonchev–Trinajstić information content (AvgIpc) is 2.55. The van der Waals surface area contributed by atoms with Crippen LogP contribution in [0.25, 0.3) is 0 Å². The third kappa shape index (κ3) is 4.58. The average molecular weight is 391 g/mol. The van der Waals surface area contributed by atoms with Gasteiger partial charge in [0.1, 0.15) is 12.3 Å². The molecular formula is C18H19BrN2O3. The number of anilines is 2. The quantitative estimate of drug-likeness (QED) is 0.814. The van der Waals surface area contributed by atoms with Gasteiger partial charge in [0.15, 0.2) is 0 Å². The van der Waals surface area contributed by atoms with Gasteiger partial charge in [-0.25, -0.2) is 0 Å². The van der Waals surface area contributed by atoms with Crippen molar-refractivity contribution in [1.29, 1.82) is 0 Å². The molecule has 0 aromatic heterocycles. The molecule has 0 heterocycles. The predicted molar refractivity (Wildman–Crippen MR) is 98.4 cm³/mol. The minimum Gasteiger partial charge on any atom is -0.492 e. The van der Waals surface area contributed by atoms with Gasteiger partial charge in [-0.3, -0.25) is 9.59 Å². The van der Waals surface area contributed by atoms with Crippen LogP contribution < -0.4 is 15.0 Å². The summed E-state index contributed by atoms with van der Waals surface area (Å²) < 4.78 is 6.24. The highest BCUT2D eigenvalue weighted by molar-refractivity contribution is 9.10. The Bertz CT molecular complexity index is 734. The second kappa shape index (κ2) is 8.49. The van der Waals surface area contributed by atoms with E-state index in [1.807, 2.05) is 37.3 Å². The molecule has 0 aliphatic rings. The number of nitrogens with one attached hydrogen (secondary N) is 1. The van der Waals surface area contributed by atoms with Gasteiger partial charge in [-0.2, -0.15) is 0 Å². The van der Waals surface area contributed by atoms with Crippen molar-refractivity contribution in [2.24, 2.45) is 0 Å². The van der Waals surface area contributed by atoms with Crippen LogP contribution in [0.1, 0.15) is 13.8 Å². The lowest BCUT2D eigenvalue weighted by atomic mass is 10.2. The first-order valence-electron chi connectivity index (χ1n) is 7.57. The molecule has 0 atom stereocenters. The predicted octanol–water partition coefficient (Wildman–Crippen LogP) is 3.84. The Hall–Kier alpha value is -2.34. The maximum absolute atomic E-state index is 12.4. The number of hydrogen-bond donors (Lipinski definition) is 1. The minimum atomic E-state index is -0.298. The number of nitrogens with zero attached hydrogens (tertiary/aromatic N) is 1. The summed E-state index contributed by atoms with van der Waals surface area (Å²) in [7, 11) is 0. The Morgan fingerprint density at radius 2 is 1.79 bits per heavy atom. The zero-order valence-electron chi connectivity index (χ0n) is 13.6. The zero-order valence-corrected chi connectivity index (χ0v) is 15.2. The molecule has 0 aliphatic heterocycles. The van der Waals surface area contributed by atoms with Crippen LogP contribution in [0.2, 0.25) is 0 Å². The molecule has 1 N–H and O–H groups in total. The first-order valence-corrected chi connectivity index (χ1v) is 8.36. The summed E-state index contributed by atoms with van der Waals surface area (Å²) in [5, 5.41) is 2.80. The van der Waals surface area contributed by atoms with Crippen LogP contribution in [0.3, 0.4) is 0 Å². The van der Waals surface area contributed by atoms with Crippen LogP contribution >= 0.6 is 15.9 Å². The number of benzene rings is 2. The Balaban J connectivity index is 2.15. The molecule has 2 rings (SSSR count). The molecule has 0 bridgehead atoms. The van der Waals surface area contributed by atoms with E-state index in [9.17, 15) is 9.59 Å². The Labute approximate surface area is 149 Å². The van der Waals surface area contributed by atoms with Gasteiger partial charge >= 0.3 is 0 Å². The number of carbonyl (C=O) groups is 2. The third-order valence-electron chi connectivity index (χ3n) is 3.29. The van der Waals surface area contributed by atoms with Crippen molar-refractivity contribution in [3.8, 4) is 5.75 Å². The van der Waals surface area contributed by atoms with E-state index >= 15 is 0 Å².